The highest BCUT2D eigenvalue weighted by molar-refractivity contribution is 6.04. The maximum atomic E-state index is 12.8. The van der Waals surface area contributed by atoms with Gasteiger partial charge in [-0.15, -0.1) is 0 Å². The number of carbonyl (C=O) groups is 1. The van der Waals surface area contributed by atoms with E-state index in [1.807, 2.05) is 13.0 Å². The van der Waals surface area contributed by atoms with E-state index in [4.69, 9.17) is 14.7 Å². The van der Waals surface area contributed by atoms with Crippen LogP contribution in [0.25, 0.3) is 11.0 Å². The van der Waals surface area contributed by atoms with Crippen LogP contribution in [0.5, 0.6) is 11.5 Å². The molecule has 0 spiro atoms. The van der Waals surface area contributed by atoms with Gasteiger partial charge in [-0.2, -0.15) is 10.4 Å². The summed E-state index contributed by atoms with van der Waals surface area (Å²) in [4.78, 5) is 17.2. The van der Waals surface area contributed by atoms with Crippen molar-refractivity contribution >= 4 is 17.0 Å². The minimum Gasteiger partial charge on any atom is -0.493 e. The number of benzene rings is 1. The fourth-order valence-electron chi connectivity index (χ4n) is 2.71. The van der Waals surface area contributed by atoms with E-state index in [2.05, 4.69) is 10.1 Å². The third-order valence-corrected chi connectivity index (χ3v) is 3.81. The lowest BCUT2D eigenvalue weighted by Gasteiger charge is -2.10. The predicted octanol–water partition coefficient (Wildman–Crippen LogP) is 2.68. The number of ether oxygens (including phenoxy) is 2. The van der Waals surface area contributed by atoms with E-state index >= 15 is 0 Å². The number of nitriles is 1. The van der Waals surface area contributed by atoms with Gasteiger partial charge in [0.05, 0.1) is 35.4 Å². The van der Waals surface area contributed by atoms with E-state index in [-0.39, 0.29) is 5.75 Å². The van der Waals surface area contributed by atoms with Crippen LogP contribution in [0.4, 0.5) is 0 Å². The Morgan fingerprint density at radius 2 is 2.00 bits per heavy atom. The Labute approximate surface area is 144 Å². The zero-order valence-electron chi connectivity index (χ0n) is 14.3. The number of hydrogen-bond acceptors (Lipinski definition) is 6. The van der Waals surface area contributed by atoms with Gasteiger partial charge in [0.15, 0.2) is 17.1 Å². The molecular weight excluding hydrogens is 320 g/mol. The zero-order chi connectivity index (χ0) is 18.1. The average molecular weight is 336 g/mol. The van der Waals surface area contributed by atoms with Gasteiger partial charge < -0.3 is 9.47 Å². The molecule has 3 aromatic rings. The lowest BCUT2D eigenvalue weighted by atomic mass is 10.1. The van der Waals surface area contributed by atoms with Crippen LogP contribution in [0, 0.1) is 25.2 Å². The molecule has 3 rings (SSSR count). The molecule has 0 aliphatic heterocycles. The largest absolute Gasteiger partial charge is 0.493 e. The topological polar surface area (TPSA) is 90.0 Å². The molecule has 2 heterocycles. The van der Waals surface area contributed by atoms with E-state index in [1.54, 1.807) is 30.8 Å². The van der Waals surface area contributed by atoms with Crippen molar-refractivity contribution in [3.05, 3.63) is 46.8 Å². The van der Waals surface area contributed by atoms with Gasteiger partial charge >= 0.3 is 5.97 Å². The van der Waals surface area contributed by atoms with Crippen molar-refractivity contribution in [3.63, 3.8) is 0 Å². The predicted molar refractivity (Wildman–Crippen MR) is 90.7 cm³/mol. The number of esters is 1. The number of aromatic nitrogens is 3. The first-order valence-corrected chi connectivity index (χ1v) is 7.56. The molecule has 126 valence electrons. The Hall–Kier alpha value is -3.40. The molecule has 1 aromatic carbocycles. The van der Waals surface area contributed by atoms with Gasteiger partial charge in [0.1, 0.15) is 0 Å². The summed E-state index contributed by atoms with van der Waals surface area (Å²) in [6.07, 6.45) is 0. The lowest BCUT2D eigenvalue weighted by molar-refractivity contribution is 0.0731. The van der Waals surface area contributed by atoms with Crippen LogP contribution in [0.1, 0.15) is 27.3 Å². The number of methoxy groups -OCH3 is 1. The van der Waals surface area contributed by atoms with E-state index in [0.717, 1.165) is 0 Å². The summed E-state index contributed by atoms with van der Waals surface area (Å²) < 4.78 is 12.4. The summed E-state index contributed by atoms with van der Waals surface area (Å²) in [6, 6.07) is 8.31. The fourth-order valence-corrected chi connectivity index (χ4v) is 2.71. The van der Waals surface area contributed by atoms with Crippen molar-refractivity contribution in [3.8, 4) is 17.6 Å². The van der Waals surface area contributed by atoms with E-state index in [9.17, 15) is 4.79 Å². The minimum absolute atomic E-state index is 0.246. The van der Waals surface area contributed by atoms with Crippen molar-refractivity contribution in [2.75, 3.05) is 7.11 Å². The second kappa shape index (κ2) is 6.24. The van der Waals surface area contributed by atoms with Crippen LogP contribution < -0.4 is 9.47 Å². The number of fused-ring (bicyclic) bond motifs is 1. The minimum atomic E-state index is -0.533. The highest BCUT2D eigenvalue weighted by atomic mass is 16.6. The van der Waals surface area contributed by atoms with Gasteiger partial charge in [-0.05, 0) is 32.0 Å². The summed E-state index contributed by atoms with van der Waals surface area (Å²) in [6.45, 7) is 3.62. The van der Waals surface area contributed by atoms with Crippen LogP contribution in [-0.4, -0.2) is 27.8 Å². The summed E-state index contributed by atoms with van der Waals surface area (Å²) in [5, 5.41) is 13.9. The quantitative estimate of drug-likeness (QED) is 0.539. The van der Waals surface area contributed by atoms with Crippen LogP contribution in [0.2, 0.25) is 0 Å². The lowest BCUT2D eigenvalue weighted by Crippen LogP contribution is -2.11. The number of nitrogens with zero attached hydrogens (tertiary/aromatic N) is 4. The van der Waals surface area contributed by atoms with Crippen molar-refractivity contribution in [1.29, 1.82) is 5.26 Å². The number of hydrogen-bond donors (Lipinski definition) is 0. The van der Waals surface area contributed by atoms with E-state index in [0.29, 0.717) is 39.3 Å². The molecule has 2 aromatic heterocycles. The second-order valence-corrected chi connectivity index (χ2v) is 5.59. The molecule has 0 saturated carbocycles. The highest BCUT2D eigenvalue weighted by Gasteiger charge is 2.20. The van der Waals surface area contributed by atoms with Crippen LogP contribution in [0.3, 0.4) is 0 Å². The Morgan fingerprint density at radius 1 is 1.24 bits per heavy atom. The molecule has 0 bridgehead atoms. The van der Waals surface area contributed by atoms with E-state index < -0.39 is 5.97 Å². The molecule has 0 aliphatic rings. The molecule has 7 nitrogen and oxygen atoms in total. The number of pyridine rings is 1. The first-order valence-electron chi connectivity index (χ1n) is 7.56. The maximum absolute atomic E-state index is 12.8. The van der Waals surface area contributed by atoms with Crippen LogP contribution >= 0.6 is 0 Å². The van der Waals surface area contributed by atoms with Crippen molar-refractivity contribution < 1.29 is 14.3 Å². The third kappa shape index (κ3) is 2.90. The molecule has 25 heavy (non-hydrogen) atoms. The Morgan fingerprint density at radius 3 is 2.68 bits per heavy atom. The van der Waals surface area contributed by atoms with Gasteiger partial charge in [0, 0.05) is 18.8 Å². The monoisotopic (exact) mass is 336 g/mol. The van der Waals surface area contributed by atoms with Gasteiger partial charge in [0.2, 0.25) is 0 Å². The average Bonchev–Trinajstić information content (AvgIpc) is 2.88. The van der Waals surface area contributed by atoms with Crippen LogP contribution in [0.15, 0.2) is 24.3 Å². The summed E-state index contributed by atoms with van der Waals surface area (Å²) in [5.74, 6) is 0.0302. The highest BCUT2D eigenvalue weighted by Crippen LogP contribution is 2.30. The van der Waals surface area contributed by atoms with Gasteiger partial charge in [-0.25, -0.2) is 9.78 Å². The number of carbonyl (C=O) groups excluding carboxylic acids is 1. The second-order valence-electron chi connectivity index (χ2n) is 5.59. The fraction of sp³-hybridized carbons (Fsp3) is 0.222. The maximum Gasteiger partial charge on any atom is 0.344 e. The molecule has 0 atom stereocenters. The number of rotatable bonds is 3. The van der Waals surface area contributed by atoms with Gasteiger partial charge in [0.25, 0.3) is 0 Å². The molecule has 0 radical (unpaired) electrons. The molecule has 0 unspecified atom stereocenters. The number of aryl methyl sites for hydroxylation is 3. The van der Waals surface area contributed by atoms with E-state index in [1.165, 1.54) is 19.2 Å². The zero-order valence-corrected chi connectivity index (χ0v) is 14.3. The van der Waals surface area contributed by atoms with Crippen molar-refractivity contribution in [2.24, 2.45) is 7.05 Å². The summed E-state index contributed by atoms with van der Waals surface area (Å²) in [5.41, 5.74) is 2.82. The summed E-state index contributed by atoms with van der Waals surface area (Å²) in [7, 11) is 3.23. The SMILES string of the molecule is COc1cc(C#N)ccc1OC(=O)c1cc(C)nc2c1c(C)nn2C. The van der Waals surface area contributed by atoms with Crippen LogP contribution in [-0.2, 0) is 7.05 Å². The summed E-state index contributed by atoms with van der Waals surface area (Å²) >= 11 is 0. The smallest absolute Gasteiger partial charge is 0.344 e. The van der Waals surface area contributed by atoms with Crippen molar-refractivity contribution in [2.45, 2.75) is 13.8 Å². The van der Waals surface area contributed by atoms with Gasteiger partial charge in [-0.3, -0.25) is 4.68 Å². The van der Waals surface area contributed by atoms with Crippen molar-refractivity contribution in [1.82, 2.24) is 14.8 Å². The molecule has 7 heteroatoms. The molecule has 0 saturated heterocycles. The molecule has 0 fully saturated rings. The Bertz CT molecular complexity index is 1030. The Balaban J connectivity index is 2.06. The third-order valence-electron chi connectivity index (χ3n) is 3.81. The molecule has 0 amide bonds. The molecular formula is C18H16N4O3. The molecule has 0 N–H and O–H groups in total. The standard InChI is InChI=1S/C18H16N4O3/c1-10-7-13(16-11(2)21-22(3)17(16)20-10)18(23)25-14-6-5-12(9-19)8-15(14)24-4/h5-8H,1-4H3. The van der Waals surface area contributed by atoms with Gasteiger partial charge in [-0.1, -0.05) is 0 Å². The molecule has 0 aliphatic carbocycles. The Kier molecular flexibility index (Phi) is 4.11. The normalized spacial score (nSPS) is 10.5. The first-order chi connectivity index (χ1) is 11.9. The first kappa shape index (κ1) is 16.5.